The van der Waals surface area contributed by atoms with Gasteiger partial charge in [-0.2, -0.15) is 13.2 Å². The van der Waals surface area contributed by atoms with Crippen molar-refractivity contribution in [3.8, 4) is 10.6 Å². The van der Waals surface area contributed by atoms with Crippen LogP contribution in [-0.4, -0.2) is 4.98 Å². The second-order valence-electron chi connectivity index (χ2n) is 3.73. The Balaban J connectivity index is 2.44. The van der Waals surface area contributed by atoms with E-state index in [1.807, 2.05) is 6.92 Å². The Morgan fingerprint density at radius 2 is 2.06 bits per heavy atom. The van der Waals surface area contributed by atoms with E-state index in [4.69, 9.17) is 0 Å². The van der Waals surface area contributed by atoms with Gasteiger partial charge < -0.3 is 0 Å². The van der Waals surface area contributed by atoms with Crippen LogP contribution in [0.5, 0.6) is 0 Å². The molecule has 18 heavy (non-hydrogen) atoms. The van der Waals surface area contributed by atoms with E-state index in [0.717, 1.165) is 27.1 Å². The van der Waals surface area contributed by atoms with Gasteiger partial charge in [0.15, 0.2) is 0 Å². The zero-order valence-corrected chi connectivity index (χ0v) is 12.4. The third-order valence-electron chi connectivity index (χ3n) is 2.46. The fraction of sp³-hybridized carbons (Fsp3) is 0.250. The molecule has 0 saturated heterocycles. The monoisotopic (exact) mass is 383 g/mol. The molecule has 1 aromatic carbocycles. The van der Waals surface area contributed by atoms with Gasteiger partial charge in [-0.3, -0.25) is 0 Å². The van der Waals surface area contributed by atoms with Crippen LogP contribution < -0.4 is 0 Å². The quantitative estimate of drug-likeness (QED) is 0.521. The molecule has 2 aromatic rings. The summed E-state index contributed by atoms with van der Waals surface area (Å²) in [5.74, 6) is 0. The van der Waals surface area contributed by atoms with Crippen molar-refractivity contribution in [3.05, 3.63) is 40.4 Å². The number of thiazole rings is 1. The molecule has 1 heterocycles. The van der Waals surface area contributed by atoms with E-state index < -0.39 is 11.7 Å². The zero-order chi connectivity index (χ0) is 13.3. The maximum atomic E-state index is 12.6. The molecule has 2 rings (SSSR count). The zero-order valence-electron chi connectivity index (χ0n) is 9.38. The predicted molar refractivity (Wildman–Crippen MR) is 75.0 cm³/mol. The van der Waals surface area contributed by atoms with Crippen LogP contribution >= 0.6 is 33.9 Å². The van der Waals surface area contributed by atoms with Gasteiger partial charge in [0.05, 0.1) is 11.3 Å². The van der Waals surface area contributed by atoms with Crippen LogP contribution in [0, 0.1) is 6.92 Å². The van der Waals surface area contributed by atoms with Gasteiger partial charge in [0.25, 0.3) is 0 Å². The number of benzene rings is 1. The summed E-state index contributed by atoms with van der Waals surface area (Å²) >= 11 is 3.62. The van der Waals surface area contributed by atoms with E-state index in [-0.39, 0.29) is 0 Å². The summed E-state index contributed by atoms with van der Waals surface area (Å²) in [6.07, 6.45) is -4.31. The highest BCUT2D eigenvalue weighted by Gasteiger charge is 2.30. The molecule has 0 aliphatic rings. The summed E-state index contributed by atoms with van der Waals surface area (Å²) in [6, 6.07) is 5.29. The summed E-state index contributed by atoms with van der Waals surface area (Å²) in [5.41, 5.74) is 0.825. The van der Waals surface area contributed by atoms with Crippen molar-refractivity contribution in [1.82, 2.24) is 4.98 Å². The molecule has 1 aromatic heterocycles. The molecule has 0 atom stereocenters. The lowest BCUT2D eigenvalue weighted by Gasteiger charge is -2.07. The largest absolute Gasteiger partial charge is 0.416 e. The highest BCUT2D eigenvalue weighted by atomic mass is 127. The minimum atomic E-state index is -4.31. The van der Waals surface area contributed by atoms with E-state index in [0.29, 0.717) is 10.6 Å². The van der Waals surface area contributed by atoms with Crippen LogP contribution in [0.2, 0.25) is 0 Å². The minimum Gasteiger partial charge on any atom is -0.240 e. The van der Waals surface area contributed by atoms with Crippen LogP contribution in [0.4, 0.5) is 13.2 Å². The SMILES string of the molecule is Cc1sc(-c2cccc(C(F)(F)F)c2)nc1CI. The predicted octanol–water partition coefficient (Wildman–Crippen LogP) is 5.07. The number of alkyl halides is 4. The van der Waals surface area contributed by atoms with Crippen molar-refractivity contribution in [2.75, 3.05) is 0 Å². The maximum Gasteiger partial charge on any atom is 0.416 e. The molecule has 0 bridgehead atoms. The van der Waals surface area contributed by atoms with E-state index in [2.05, 4.69) is 27.6 Å². The standard InChI is InChI=1S/C12H9F3INS/c1-7-10(6-16)17-11(18-7)8-3-2-4-9(5-8)12(13,14)15/h2-5H,6H2,1H3. The Hall–Kier alpha value is -0.630. The summed E-state index contributed by atoms with van der Waals surface area (Å²) in [7, 11) is 0. The summed E-state index contributed by atoms with van der Waals surface area (Å²) < 4.78 is 38.6. The lowest BCUT2D eigenvalue weighted by molar-refractivity contribution is -0.137. The number of hydrogen-bond acceptors (Lipinski definition) is 2. The second-order valence-corrected chi connectivity index (χ2v) is 5.70. The molecule has 0 fully saturated rings. The number of hydrogen-bond donors (Lipinski definition) is 0. The average Bonchev–Trinajstić information content (AvgIpc) is 2.70. The van der Waals surface area contributed by atoms with Gasteiger partial charge in [-0.25, -0.2) is 4.98 Å². The number of rotatable bonds is 2. The van der Waals surface area contributed by atoms with Gasteiger partial charge in [0.1, 0.15) is 5.01 Å². The van der Waals surface area contributed by atoms with E-state index in [1.54, 1.807) is 6.07 Å². The molecule has 6 heteroatoms. The van der Waals surface area contributed by atoms with Crippen molar-refractivity contribution in [3.63, 3.8) is 0 Å². The Morgan fingerprint density at radius 3 is 2.61 bits per heavy atom. The number of aromatic nitrogens is 1. The highest BCUT2D eigenvalue weighted by Crippen LogP contribution is 2.34. The molecular weight excluding hydrogens is 374 g/mol. The normalized spacial score (nSPS) is 11.8. The van der Waals surface area contributed by atoms with Gasteiger partial charge in [-0.1, -0.05) is 34.7 Å². The van der Waals surface area contributed by atoms with Gasteiger partial charge in [-0.05, 0) is 19.1 Å². The number of aryl methyl sites for hydroxylation is 1. The first-order chi connectivity index (χ1) is 8.41. The van der Waals surface area contributed by atoms with Crippen LogP contribution in [0.25, 0.3) is 10.6 Å². The summed E-state index contributed by atoms with van der Waals surface area (Å²) in [4.78, 5) is 5.42. The first-order valence-electron chi connectivity index (χ1n) is 5.11. The molecule has 0 aliphatic carbocycles. The Bertz CT molecular complexity index is 563. The third kappa shape index (κ3) is 2.85. The molecule has 0 aliphatic heterocycles. The van der Waals surface area contributed by atoms with Crippen molar-refractivity contribution >= 4 is 33.9 Å². The van der Waals surface area contributed by atoms with E-state index >= 15 is 0 Å². The average molecular weight is 383 g/mol. The molecule has 0 unspecified atom stereocenters. The highest BCUT2D eigenvalue weighted by molar-refractivity contribution is 14.1. The smallest absolute Gasteiger partial charge is 0.240 e. The lowest BCUT2D eigenvalue weighted by atomic mass is 10.1. The second kappa shape index (κ2) is 5.16. The first-order valence-corrected chi connectivity index (χ1v) is 7.46. The molecule has 0 spiro atoms. The fourth-order valence-electron chi connectivity index (χ4n) is 1.50. The van der Waals surface area contributed by atoms with Gasteiger partial charge in [0, 0.05) is 14.9 Å². The van der Waals surface area contributed by atoms with Crippen molar-refractivity contribution in [1.29, 1.82) is 0 Å². The Labute approximate surface area is 120 Å². The number of halogens is 4. The van der Waals surface area contributed by atoms with Gasteiger partial charge in [-0.15, -0.1) is 11.3 Å². The molecule has 0 N–H and O–H groups in total. The van der Waals surface area contributed by atoms with Gasteiger partial charge >= 0.3 is 6.18 Å². The van der Waals surface area contributed by atoms with Crippen molar-refractivity contribution in [2.24, 2.45) is 0 Å². The number of nitrogens with zero attached hydrogens (tertiary/aromatic N) is 1. The van der Waals surface area contributed by atoms with Crippen LogP contribution in [-0.2, 0) is 10.6 Å². The maximum absolute atomic E-state index is 12.6. The first kappa shape index (κ1) is 13.8. The molecule has 0 saturated carbocycles. The van der Waals surface area contributed by atoms with Crippen LogP contribution in [0.15, 0.2) is 24.3 Å². The fourth-order valence-corrected chi connectivity index (χ4v) is 3.43. The van der Waals surface area contributed by atoms with Crippen LogP contribution in [0.3, 0.4) is 0 Å². The molecule has 0 amide bonds. The summed E-state index contributed by atoms with van der Waals surface area (Å²) in [5, 5.41) is 0.644. The topological polar surface area (TPSA) is 12.9 Å². The molecule has 96 valence electrons. The molecule has 0 radical (unpaired) electrons. The molecular formula is C12H9F3INS. The van der Waals surface area contributed by atoms with Crippen molar-refractivity contribution in [2.45, 2.75) is 17.5 Å². The Kier molecular flexibility index (Phi) is 3.96. The Morgan fingerprint density at radius 1 is 1.33 bits per heavy atom. The third-order valence-corrected chi connectivity index (χ3v) is 4.24. The van der Waals surface area contributed by atoms with E-state index in [9.17, 15) is 13.2 Å². The van der Waals surface area contributed by atoms with E-state index in [1.165, 1.54) is 17.4 Å². The van der Waals surface area contributed by atoms with Crippen molar-refractivity contribution < 1.29 is 13.2 Å². The van der Waals surface area contributed by atoms with Gasteiger partial charge in [0.2, 0.25) is 0 Å². The summed E-state index contributed by atoms with van der Waals surface area (Å²) in [6.45, 7) is 1.93. The van der Waals surface area contributed by atoms with Crippen LogP contribution in [0.1, 0.15) is 16.1 Å². The minimum absolute atomic E-state index is 0.522. The molecule has 1 nitrogen and oxygen atoms in total. The lowest BCUT2D eigenvalue weighted by Crippen LogP contribution is -2.04.